The van der Waals surface area contributed by atoms with Crippen LogP contribution in [-0.2, 0) is 0 Å². The Balaban J connectivity index is 1.38. The summed E-state index contributed by atoms with van der Waals surface area (Å²) < 4.78 is 13.0. The Kier molecular flexibility index (Phi) is 7.66. The predicted molar refractivity (Wildman–Crippen MR) is 153 cm³/mol. The molecule has 2 unspecified atom stereocenters. The standard InChI is InChI=1S/C31H30N2O3S/c1-2-3-19-28(35-26-17-9-14-21-11-7-8-15-23(21)26)36-27-18-10-16-25-29(27)24(20-32-25)31(37)33-30(34)22-12-5-4-6-13-22/h4-18,24,28,32H,2-3,19-20H2,1H3,(H,33,34,37). The second-order valence-electron chi connectivity index (χ2n) is 9.12. The summed E-state index contributed by atoms with van der Waals surface area (Å²) in [6, 6.07) is 29.3. The zero-order valence-electron chi connectivity index (χ0n) is 20.8. The first-order chi connectivity index (χ1) is 18.1. The van der Waals surface area contributed by atoms with Gasteiger partial charge in [-0.05, 0) is 42.1 Å². The zero-order chi connectivity index (χ0) is 25.6. The maximum atomic E-state index is 12.7. The monoisotopic (exact) mass is 510 g/mol. The number of thiocarbonyl (C=S) groups is 1. The Hall–Kier alpha value is -3.90. The van der Waals surface area contributed by atoms with E-state index in [4.69, 9.17) is 21.7 Å². The maximum absolute atomic E-state index is 12.7. The van der Waals surface area contributed by atoms with Crippen LogP contribution in [0.15, 0.2) is 91.0 Å². The van der Waals surface area contributed by atoms with Crippen molar-refractivity contribution in [2.45, 2.75) is 38.4 Å². The highest BCUT2D eigenvalue weighted by Gasteiger charge is 2.31. The maximum Gasteiger partial charge on any atom is 0.256 e. The van der Waals surface area contributed by atoms with Crippen molar-refractivity contribution in [2.75, 3.05) is 11.9 Å². The third-order valence-electron chi connectivity index (χ3n) is 6.56. The first kappa shape index (κ1) is 24.8. The van der Waals surface area contributed by atoms with E-state index in [0.29, 0.717) is 22.8 Å². The van der Waals surface area contributed by atoms with E-state index in [1.165, 1.54) is 0 Å². The van der Waals surface area contributed by atoms with Gasteiger partial charge in [0.15, 0.2) is 0 Å². The summed E-state index contributed by atoms with van der Waals surface area (Å²) in [5, 5.41) is 8.51. The minimum absolute atomic E-state index is 0.196. The number of hydrogen-bond acceptors (Lipinski definition) is 5. The van der Waals surface area contributed by atoms with Crippen LogP contribution in [0.4, 0.5) is 5.69 Å². The summed E-state index contributed by atoms with van der Waals surface area (Å²) in [7, 11) is 0. The van der Waals surface area contributed by atoms with Gasteiger partial charge in [-0.2, -0.15) is 0 Å². The quantitative estimate of drug-likeness (QED) is 0.186. The number of rotatable bonds is 9. The van der Waals surface area contributed by atoms with E-state index in [-0.39, 0.29) is 11.8 Å². The van der Waals surface area contributed by atoms with Gasteiger partial charge in [0.25, 0.3) is 5.91 Å². The molecular formula is C31H30N2O3S. The number of carbonyl (C=O) groups excluding carboxylic acids is 1. The van der Waals surface area contributed by atoms with Crippen LogP contribution in [0.25, 0.3) is 10.8 Å². The lowest BCUT2D eigenvalue weighted by molar-refractivity contribution is -0.00158. The van der Waals surface area contributed by atoms with Crippen molar-refractivity contribution in [3.05, 3.63) is 102 Å². The molecule has 188 valence electrons. The molecule has 2 atom stereocenters. The lowest BCUT2D eigenvalue weighted by atomic mass is 9.99. The van der Waals surface area contributed by atoms with Gasteiger partial charge in [-0.25, -0.2) is 0 Å². The van der Waals surface area contributed by atoms with Crippen molar-refractivity contribution in [1.29, 1.82) is 0 Å². The smallest absolute Gasteiger partial charge is 0.256 e. The fourth-order valence-electron chi connectivity index (χ4n) is 4.65. The normalized spacial score (nSPS) is 14.9. The molecular weight excluding hydrogens is 480 g/mol. The molecule has 5 rings (SSSR count). The molecule has 37 heavy (non-hydrogen) atoms. The lowest BCUT2D eigenvalue weighted by Crippen LogP contribution is -2.34. The second-order valence-corrected chi connectivity index (χ2v) is 9.56. The fraction of sp³-hybridized carbons (Fsp3) is 0.226. The molecule has 6 heteroatoms. The molecule has 0 saturated carbocycles. The number of fused-ring (bicyclic) bond motifs is 2. The molecule has 2 N–H and O–H groups in total. The Labute approximate surface area is 222 Å². The van der Waals surface area contributed by atoms with Crippen molar-refractivity contribution < 1.29 is 14.3 Å². The van der Waals surface area contributed by atoms with Gasteiger partial charge in [-0.15, -0.1) is 0 Å². The van der Waals surface area contributed by atoms with Gasteiger partial charge in [0.2, 0.25) is 6.29 Å². The van der Waals surface area contributed by atoms with Crippen molar-refractivity contribution in [3.8, 4) is 11.5 Å². The van der Waals surface area contributed by atoms with Crippen molar-refractivity contribution in [2.24, 2.45) is 0 Å². The molecule has 0 saturated heterocycles. The molecule has 1 heterocycles. The Morgan fingerprint density at radius 3 is 2.49 bits per heavy atom. The van der Waals surface area contributed by atoms with Crippen LogP contribution in [0.3, 0.4) is 0 Å². The molecule has 4 aromatic carbocycles. The molecule has 0 spiro atoms. The molecule has 0 aliphatic carbocycles. The summed E-state index contributed by atoms with van der Waals surface area (Å²) in [4.78, 5) is 13.2. The summed E-state index contributed by atoms with van der Waals surface area (Å²) in [6.07, 6.45) is 2.28. The van der Waals surface area contributed by atoms with Crippen LogP contribution in [0.2, 0.25) is 0 Å². The summed E-state index contributed by atoms with van der Waals surface area (Å²) >= 11 is 5.71. The number of amides is 1. The number of carbonyl (C=O) groups is 1. The third-order valence-corrected chi connectivity index (χ3v) is 6.95. The van der Waals surface area contributed by atoms with Crippen LogP contribution >= 0.6 is 12.2 Å². The Morgan fingerprint density at radius 1 is 0.946 bits per heavy atom. The average Bonchev–Trinajstić information content (AvgIpc) is 3.38. The first-order valence-electron chi connectivity index (χ1n) is 12.7. The molecule has 0 radical (unpaired) electrons. The molecule has 1 amide bonds. The summed E-state index contributed by atoms with van der Waals surface area (Å²) in [6.45, 7) is 2.75. The van der Waals surface area contributed by atoms with Crippen LogP contribution in [-0.4, -0.2) is 23.7 Å². The number of nitrogens with one attached hydrogen (secondary N) is 2. The number of unbranched alkanes of at least 4 members (excludes halogenated alkanes) is 1. The minimum atomic E-state index is -0.467. The first-order valence-corrected chi connectivity index (χ1v) is 13.1. The summed E-state index contributed by atoms with van der Waals surface area (Å²) in [5.74, 6) is 1.10. The van der Waals surface area contributed by atoms with Crippen LogP contribution in [0.5, 0.6) is 11.5 Å². The van der Waals surface area contributed by atoms with Gasteiger partial charge in [0, 0.05) is 35.2 Å². The molecule has 1 aliphatic rings. The van der Waals surface area contributed by atoms with Gasteiger partial charge in [0.1, 0.15) is 11.5 Å². The summed E-state index contributed by atoms with van der Waals surface area (Å²) in [5.41, 5.74) is 2.48. The average molecular weight is 511 g/mol. The van der Waals surface area contributed by atoms with Gasteiger partial charge in [-0.3, -0.25) is 4.79 Å². The minimum Gasteiger partial charge on any atom is -0.455 e. The van der Waals surface area contributed by atoms with Gasteiger partial charge < -0.3 is 20.1 Å². The number of anilines is 1. The van der Waals surface area contributed by atoms with E-state index in [0.717, 1.165) is 47.0 Å². The van der Waals surface area contributed by atoms with Gasteiger partial charge >= 0.3 is 0 Å². The van der Waals surface area contributed by atoms with Crippen molar-refractivity contribution in [3.63, 3.8) is 0 Å². The van der Waals surface area contributed by atoms with Crippen LogP contribution in [0, 0.1) is 0 Å². The van der Waals surface area contributed by atoms with E-state index in [9.17, 15) is 4.79 Å². The number of benzene rings is 4. The number of hydrogen-bond donors (Lipinski definition) is 2. The predicted octanol–water partition coefficient (Wildman–Crippen LogP) is 7.08. The Bertz CT molecular complexity index is 1400. The number of ether oxygens (including phenoxy) is 2. The third kappa shape index (κ3) is 5.59. The second kappa shape index (κ2) is 11.4. The van der Waals surface area contributed by atoms with E-state index in [1.807, 2.05) is 60.7 Å². The fourth-order valence-corrected chi connectivity index (χ4v) is 4.95. The largest absolute Gasteiger partial charge is 0.455 e. The highest BCUT2D eigenvalue weighted by atomic mass is 32.1. The highest BCUT2D eigenvalue weighted by Crippen LogP contribution is 2.40. The molecule has 4 aromatic rings. The van der Waals surface area contributed by atoms with E-state index in [1.54, 1.807) is 12.1 Å². The SMILES string of the molecule is CCCCC(Oc1cccc2c1C(C(=S)NC(=O)c1ccccc1)CN2)Oc1cccc2ccccc12. The molecule has 1 aliphatic heterocycles. The molecule has 0 aromatic heterocycles. The van der Waals surface area contributed by atoms with Crippen molar-refractivity contribution >= 4 is 39.6 Å². The highest BCUT2D eigenvalue weighted by molar-refractivity contribution is 7.80. The molecule has 0 bridgehead atoms. The van der Waals surface area contributed by atoms with E-state index in [2.05, 4.69) is 35.8 Å². The topological polar surface area (TPSA) is 59.6 Å². The van der Waals surface area contributed by atoms with Crippen LogP contribution < -0.4 is 20.1 Å². The van der Waals surface area contributed by atoms with Crippen LogP contribution in [0.1, 0.15) is 48.0 Å². The zero-order valence-corrected chi connectivity index (χ0v) is 21.6. The van der Waals surface area contributed by atoms with E-state index < -0.39 is 6.29 Å². The van der Waals surface area contributed by atoms with Gasteiger partial charge in [0.05, 0.1) is 10.9 Å². The molecule has 5 nitrogen and oxygen atoms in total. The van der Waals surface area contributed by atoms with Gasteiger partial charge in [-0.1, -0.05) is 86.2 Å². The van der Waals surface area contributed by atoms with Crippen molar-refractivity contribution in [1.82, 2.24) is 5.32 Å². The van der Waals surface area contributed by atoms with E-state index >= 15 is 0 Å². The molecule has 0 fully saturated rings. The lowest BCUT2D eigenvalue weighted by Gasteiger charge is -2.24. The Morgan fingerprint density at radius 2 is 1.65 bits per heavy atom.